The van der Waals surface area contributed by atoms with Crippen LogP contribution in [0.3, 0.4) is 0 Å². The van der Waals surface area contributed by atoms with Crippen LogP contribution in [0.2, 0.25) is 0 Å². The monoisotopic (exact) mass is 339 g/mol. The van der Waals surface area contributed by atoms with Crippen LogP contribution in [-0.4, -0.2) is 21.4 Å². The summed E-state index contributed by atoms with van der Waals surface area (Å²) in [6, 6.07) is 14.0. The lowest BCUT2D eigenvalue weighted by Crippen LogP contribution is -2.15. The maximum Gasteiger partial charge on any atom is 0.235 e. The molecule has 6 heteroatoms. The highest BCUT2D eigenvalue weighted by Crippen LogP contribution is 2.44. The number of fused-ring (bicyclic) bond motifs is 1. The van der Waals surface area contributed by atoms with E-state index in [0.29, 0.717) is 5.75 Å². The van der Waals surface area contributed by atoms with Crippen molar-refractivity contribution in [3.05, 3.63) is 59.5 Å². The van der Waals surface area contributed by atoms with E-state index < -0.39 is 0 Å². The average molecular weight is 339 g/mol. The van der Waals surface area contributed by atoms with Crippen LogP contribution in [0.15, 0.2) is 46.9 Å². The van der Waals surface area contributed by atoms with E-state index in [4.69, 9.17) is 4.42 Å². The Kier molecular flexibility index (Phi) is 3.69. The third-order valence-electron chi connectivity index (χ3n) is 4.11. The van der Waals surface area contributed by atoms with Gasteiger partial charge in [0.25, 0.3) is 0 Å². The number of thioether (sulfide) groups is 1. The highest BCUT2D eigenvalue weighted by molar-refractivity contribution is 8.00. The van der Waals surface area contributed by atoms with Crippen LogP contribution >= 0.6 is 11.8 Å². The fourth-order valence-electron chi connectivity index (χ4n) is 3.02. The second-order valence-electron chi connectivity index (χ2n) is 5.78. The Labute approximate surface area is 144 Å². The van der Waals surface area contributed by atoms with Crippen molar-refractivity contribution < 1.29 is 9.21 Å². The van der Waals surface area contributed by atoms with E-state index in [-0.39, 0.29) is 11.2 Å². The molecule has 1 aliphatic rings. The molecule has 122 valence electrons. The standard InChI is InChI=1S/C18H17N3O2S/c1-11-16-17(24-10-15(22)19-18(16)21(2)20-11)14-9-8-13(23-14)12-6-4-3-5-7-12/h3-9,17H,10H2,1-2H3,(H,19,22)/t17-/m1/s1. The van der Waals surface area contributed by atoms with Crippen LogP contribution in [0.4, 0.5) is 5.82 Å². The van der Waals surface area contributed by atoms with E-state index in [0.717, 1.165) is 34.2 Å². The number of aromatic nitrogens is 2. The van der Waals surface area contributed by atoms with Gasteiger partial charge in [-0.05, 0) is 19.1 Å². The van der Waals surface area contributed by atoms with Gasteiger partial charge in [-0.2, -0.15) is 5.10 Å². The maximum absolute atomic E-state index is 12.0. The Hall–Kier alpha value is -2.47. The zero-order valence-corrected chi connectivity index (χ0v) is 14.3. The molecule has 3 aromatic rings. The van der Waals surface area contributed by atoms with Crippen molar-refractivity contribution in [3.8, 4) is 11.3 Å². The molecule has 0 spiro atoms. The third kappa shape index (κ3) is 2.53. The molecule has 0 radical (unpaired) electrons. The molecule has 3 heterocycles. The Morgan fingerprint density at radius 2 is 2.04 bits per heavy atom. The van der Waals surface area contributed by atoms with Gasteiger partial charge in [-0.3, -0.25) is 9.48 Å². The second-order valence-corrected chi connectivity index (χ2v) is 6.87. The number of anilines is 1. The van der Waals surface area contributed by atoms with E-state index in [1.54, 1.807) is 16.4 Å². The van der Waals surface area contributed by atoms with Crippen LogP contribution < -0.4 is 5.32 Å². The van der Waals surface area contributed by atoms with Gasteiger partial charge in [-0.1, -0.05) is 30.3 Å². The Morgan fingerprint density at radius 1 is 1.25 bits per heavy atom. The van der Waals surface area contributed by atoms with Crippen LogP contribution in [0.25, 0.3) is 11.3 Å². The highest BCUT2D eigenvalue weighted by Gasteiger charge is 2.31. The molecule has 0 aliphatic carbocycles. The first-order valence-electron chi connectivity index (χ1n) is 7.73. The molecular formula is C18H17N3O2S. The molecule has 5 nitrogen and oxygen atoms in total. The molecule has 24 heavy (non-hydrogen) atoms. The lowest BCUT2D eigenvalue weighted by molar-refractivity contribution is -0.113. The van der Waals surface area contributed by atoms with E-state index >= 15 is 0 Å². The van der Waals surface area contributed by atoms with Crippen molar-refractivity contribution in [2.75, 3.05) is 11.1 Å². The van der Waals surface area contributed by atoms with Gasteiger partial charge in [-0.15, -0.1) is 11.8 Å². The predicted octanol–water partition coefficient (Wildman–Crippen LogP) is 3.76. The van der Waals surface area contributed by atoms with Crippen molar-refractivity contribution in [3.63, 3.8) is 0 Å². The van der Waals surface area contributed by atoms with Gasteiger partial charge in [-0.25, -0.2) is 0 Å². The van der Waals surface area contributed by atoms with Crippen LogP contribution in [-0.2, 0) is 11.8 Å². The van der Waals surface area contributed by atoms with Gasteiger partial charge in [0.2, 0.25) is 5.91 Å². The summed E-state index contributed by atoms with van der Waals surface area (Å²) >= 11 is 1.56. The molecule has 2 aromatic heterocycles. The first-order valence-corrected chi connectivity index (χ1v) is 8.78. The lowest BCUT2D eigenvalue weighted by atomic mass is 10.1. The summed E-state index contributed by atoms with van der Waals surface area (Å²) in [4.78, 5) is 12.0. The minimum atomic E-state index is -0.0508. The molecule has 0 unspecified atom stereocenters. The zero-order valence-electron chi connectivity index (χ0n) is 13.4. The first kappa shape index (κ1) is 15.1. The number of nitrogens with zero attached hydrogens (tertiary/aromatic N) is 2. The van der Waals surface area contributed by atoms with Crippen molar-refractivity contribution in [1.82, 2.24) is 9.78 Å². The van der Waals surface area contributed by atoms with Crippen LogP contribution in [0.1, 0.15) is 22.3 Å². The summed E-state index contributed by atoms with van der Waals surface area (Å²) in [6.07, 6.45) is 0. The smallest absolute Gasteiger partial charge is 0.235 e. The van der Waals surface area contributed by atoms with E-state index in [2.05, 4.69) is 10.4 Å². The van der Waals surface area contributed by atoms with Gasteiger partial charge < -0.3 is 9.73 Å². The molecule has 1 amide bonds. The van der Waals surface area contributed by atoms with Crippen LogP contribution in [0, 0.1) is 6.92 Å². The predicted molar refractivity (Wildman–Crippen MR) is 95.0 cm³/mol. The second kappa shape index (κ2) is 5.87. The Morgan fingerprint density at radius 3 is 2.83 bits per heavy atom. The number of hydrogen-bond donors (Lipinski definition) is 1. The number of amides is 1. The molecule has 1 aliphatic heterocycles. The van der Waals surface area contributed by atoms with Gasteiger partial charge in [0.05, 0.1) is 16.7 Å². The summed E-state index contributed by atoms with van der Waals surface area (Å²) < 4.78 is 7.85. The molecule has 4 rings (SSSR count). The quantitative estimate of drug-likeness (QED) is 0.772. The lowest BCUT2D eigenvalue weighted by Gasteiger charge is -2.12. The molecule has 0 saturated heterocycles. The largest absolute Gasteiger partial charge is 0.460 e. The molecule has 1 atom stereocenters. The van der Waals surface area contributed by atoms with Crippen LogP contribution in [0.5, 0.6) is 0 Å². The topological polar surface area (TPSA) is 60.1 Å². The first-order chi connectivity index (χ1) is 11.6. The molecule has 0 fully saturated rings. The summed E-state index contributed by atoms with van der Waals surface area (Å²) in [5, 5.41) is 7.35. The van der Waals surface area contributed by atoms with Gasteiger partial charge in [0, 0.05) is 18.2 Å². The van der Waals surface area contributed by atoms with Crippen molar-refractivity contribution in [2.45, 2.75) is 12.2 Å². The fourth-order valence-corrected chi connectivity index (χ4v) is 4.15. The molecule has 0 bridgehead atoms. The third-order valence-corrected chi connectivity index (χ3v) is 5.34. The molecule has 1 N–H and O–H groups in total. The van der Waals surface area contributed by atoms with Gasteiger partial charge in [0.1, 0.15) is 17.3 Å². The number of rotatable bonds is 2. The fraction of sp³-hybridized carbons (Fsp3) is 0.222. The van der Waals surface area contributed by atoms with Gasteiger partial charge in [0.15, 0.2) is 0 Å². The average Bonchev–Trinajstić information content (AvgIpc) is 3.11. The van der Waals surface area contributed by atoms with Gasteiger partial charge >= 0.3 is 0 Å². The van der Waals surface area contributed by atoms with Crippen molar-refractivity contribution in [2.24, 2.45) is 7.05 Å². The van der Waals surface area contributed by atoms with E-state index in [9.17, 15) is 4.79 Å². The Balaban J connectivity index is 1.77. The maximum atomic E-state index is 12.0. The number of aryl methyl sites for hydroxylation is 2. The minimum Gasteiger partial charge on any atom is -0.460 e. The summed E-state index contributed by atoms with van der Waals surface area (Å²) in [6.45, 7) is 1.96. The van der Waals surface area contributed by atoms with Crippen molar-refractivity contribution >= 4 is 23.5 Å². The molecule has 1 aromatic carbocycles. The molecule has 0 saturated carbocycles. The number of carbonyl (C=O) groups is 1. The number of nitrogens with one attached hydrogen (secondary N) is 1. The summed E-state index contributed by atoms with van der Waals surface area (Å²) in [5.41, 5.74) is 2.96. The molecular weight excluding hydrogens is 322 g/mol. The number of hydrogen-bond acceptors (Lipinski definition) is 4. The minimum absolute atomic E-state index is 0.0124. The normalized spacial score (nSPS) is 17.2. The number of furan rings is 1. The van der Waals surface area contributed by atoms with E-state index in [1.165, 1.54) is 0 Å². The van der Waals surface area contributed by atoms with Crippen molar-refractivity contribution in [1.29, 1.82) is 0 Å². The Bertz CT molecular complexity index is 898. The summed E-state index contributed by atoms with van der Waals surface area (Å²) in [7, 11) is 1.84. The SMILES string of the molecule is Cc1nn(C)c2c1[C@@H](c1ccc(-c3ccccc3)o1)SCC(=O)N2. The number of benzene rings is 1. The number of carbonyl (C=O) groups excluding carboxylic acids is 1. The summed E-state index contributed by atoms with van der Waals surface area (Å²) in [5.74, 6) is 2.80. The highest BCUT2D eigenvalue weighted by atomic mass is 32.2. The van der Waals surface area contributed by atoms with E-state index in [1.807, 2.05) is 56.4 Å². The zero-order chi connectivity index (χ0) is 16.7.